The first-order valence-corrected chi connectivity index (χ1v) is 6.66. The van der Waals surface area contributed by atoms with Gasteiger partial charge in [-0.1, -0.05) is 0 Å². The van der Waals surface area contributed by atoms with Gasteiger partial charge < -0.3 is 20.3 Å². The van der Waals surface area contributed by atoms with Crippen molar-refractivity contribution in [3.63, 3.8) is 0 Å². The Morgan fingerprint density at radius 3 is 2.74 bits per heavy atom. The summed E-state index contributed by atoms with van der Waals surface area (Å²) in [5.41, 5.74) is 5.69. The molecule has 0 atom stereocenters. The van der Waals surface area contributed by atoms with Gasteiger partial charge in [0.1, 0.15) is 5.82 Å². The molecular weight excluding hydrogens is 242 g/mol. The highest BCUT2D eigenvalue weighted by Crippen LogP contribution is 2.22. The quantitative estimate of drug-likeness (QED) is 0.870. The molecule has 0 aliphatic carbocycles. The highest BCUT2D eigenvalue weighted by molar-refractivity contribution is 5.44. The van der Waals surface area contributed by atoms with Crippen LogP contribution >= 0.6 is 0 Å². The van der Waals surface area contributed by atoms with Crippen molar-refractivity contribution in [3.05, 3.63) is 6.07 Å². The van der Waals surface area contributed by atoms with Crippen LogP contribution in [0, 0.1) is 5.92 Å². The van der Waals surface area contributed by atoms with Gasteiger partial charge in [0.15, 0.2) is 0 Å². The Balaban J connectivity index is 1.99. The number of piperidine rings is 1. The Hall–Kier alpha value is -1.56. The number of methoxy groups -OCH3 is 1. The molecule has 1 saturated heterocycles. The third-order valence-electron chi connectivity index (χ3n) is 3.68. The topological polar surface area (TPSA) is 67.5 Å². The van der Waals surface area contributed by atoms with Gasteiger partial charge in [0, 0.05) is 19.7 Å². The van der Waals surface area contributed by atoms with E-state index in [0.717, 1.165) is 12.4 Å². The van der Waals surface area contributed by atoms with Crippen LogP contribution in [0.25, 0.3) is 0 Å². The molecular formula is C13H23N5O. The number of rotatable bonds is 4. The molecule has 0 aromatic carbocycles. The molecule has 1 aromatic heterocycles. The number of anilines is 2. The molecule has 6 heteroatoms. The summed E-state index contributed by atoms with van der Waals surface area (Å²) < 4.78 is 5.13. The fourth-order valence-corrected chi connectivity index (χ4v) is 2.46. The third kappa shape index (κ3) is 3.70. The molecule has 0 radical (unpaired) electrons. The average molecular weight is 265 g/mol. The maximum Gasteiger partial charge on any atom is 0.225 e. The molecule has 1 fully saturated rings. The normalized spacial score (nSPS) is 17.4. The molecule has 0 saturated carbocycles. The van der Waals surface area contributed by atoms with Crippen molar-refractivity contribution < 1.29 is 4.74 Å². The summed E-state index contributed by atoms with van der Waals surface area (Å²) in [7, 11) is 5.80. The summed E-state index contributed by atoms with van der Waals surface area (Å²) in [4.78, 5) is 12.8. The van der Waals surface area contributed by atoms with Crippen molar-refractivity contribution in [1.82, 2.24) is 14.9 Å². The van der Waals surface area contributed by atoms with Crippen molar-refractivity contribution in [2.24, 2.45) is 5.92 Å². The molecule has 0 amide bonds. The first-order chi connectivity index (χ1) is 9.08. The molecule has 1 aliphatic heterocycles. The van der Waals surface area contributed by atoms with Crippen molar-refractivity contribution in [2.75, 3.05) is 51.5 Å². The van der Waals surface area contributed by atoms with Gasteiger partial charge in [-0.25, -0.2) is 0 Å². The zero-order valence-corrected chi connectivity index (χ0v) is 12.0. The minimum absolute atomic E-state index is 0.254. The fraction of sp³-hybridized carbons (Fsp3) is 0.692. The Bertz CT molecular complexity index is 417. The first-order valence-electron chi connectivity index (χ1n) is 6.66. The Morgan fingerprint density at radius 1 is 1.42 bits per heavy atom. The van der Waals surface area contributed by atoms with E-state index in [4.69, 9.17) is 10.5 Å². The molecule has 1 aromatic rings. The molecule has 2 N–H and O–H groups in total. The summed E-state index contributed by atoms with van der Waals surface area (Å²) >= 11 is 0. The maximum absolute atomic E-state index is 5.69. The lowest BCUT2D eigenvalue weighted by Crippen LogP contribution is -2.36. The van der Waals surface area contributed by atoms with Crippen LogP contribution in [0.5, 0.6) is 5.88 Å². The smallest absolute Gasteiger partial charge is 0.225 e. The van der Waals surface area contributed by atoms with E-state index in [1.165, 1.54) is 25.9 Å². The van der Waals surface area contributed by atoms with Crippen LogP contribution in [-0.4, -0.2) is 55.7 Å². The van der Waals surface area contributed by atoms with Crippen molar-refractivity contribution >= 4 is 11.8 Å². The van der Waals surface area contributed by atoms with Crippen molar-refractivity contribution in [3.8, 4) is 5.88 Å². The van der Waals surface area contributed by atoms with Crippen LogP contribution in [-0.2, 0) is 0 Å². The molecule has 19 heavy (non-hydrogen) atoms. The molecule has 2 heterocycles. The second kappa shape index (κ2) is 6.06. The van der Waals surface area contributed by atoms with E-state index in [1.807, 2.05) is 13.1 Å². The van der Waals surface area contributed by atoms with Gasteiger partial charge in [-0.3, -0.25) is 0 Å². The molecule has 0 unspecified atom stereocenters. The lowest BCUT2D eigenvalue weighted by molar-refractivity contribution is 0.222. The van der Waals surface area contributed by atoms with Gasteiger partial charge >= 0.3 is 0 Å². The number of nitrogens with zero attached hydrogens (tertiary/aromatic N) is 4. The number of hydrogen-bond donors (Lipinski definition) is 1. The number of likely N-dealkylation sites (tertiary alicyclic amines) is 1. The summed E-state index contributed by atoms with van der Waals surface area (Å²) in [5.74, 6) is 2.30. The van der Waals surface area contributed by atoms with E-state index < -0.39 is 0 Å². The van der Waals surface area contributed by atoms with Crippen LogP contribution in [0.15, 0.2) is 6.07 Å². The summed E-state index contributed by atoms with van der Waals surface area (Å²) in [6, 6.07) is 1.82. The lowest BCUT2D eigenvalue weighted by Gasteiger charge is -2.32. The van der Waals surface area contributed by atoms with Gasteiger partial charge in [0.05, 0.1) is 7.11 Å². The predicted octanol–water partition coefficient (Wildman–Crippen LogP) is 0.845. The SMILES string of the molecule is COc1cc(N(C)CC2CCN(C)CC2)nc(N)n1. The minimum Gasteiger partial charge on any atom is -0.481 e. The molecule has 1 aliphatic rings. The third-order valence-corrected chi connectivity index (χ3v) is 3.68. The molecule has 6 nitrogen and oxygen atoms in total. The molecule has 0 bridgehead atoms. The maximum atomic E-state index is 5.69. The zero-order valence-electron chi connectivity index (χ0n) is 12.0. The standard InChI is InChI=1S/C13H23N5O/c1-17-6-4-10(5-7-17)9-18(2)11-8-12(19-3)16-13(14)15-11/h8,10H,4-7,9H2,1-3H3,(H2,14,15,16). The van der Waals surface area contributed by atoms with Crippen molar-refractivity contribution in [2.45, 2.75) is 12.8 Å². The second-order valence-electron chi connectivity index (χ2n) is 5.25. The van der Waals surface area contributed by atoms with Crippen LogP contribution in [0.1, 0.15) is 12.8 Å². The summed E-state index contributed by atoms with van der Waals surface area (Å²) in [5, 5.41) is 0. The number of ether oxygens (including phenoxy) is 1. The number of nitrogens with two attached hydrogens (primary N) is 1. The van der Waals surface area contributed by atoms with Gasteiger partial charge in [-0.05, 0) is 38.9 Å². The van der Waals surface area contributed by atoms with E-state index in [9.17, 15) is 0 Å². The lowest BCUT2D eigenvalue weighted by atomic mass is 9.97. The number of nitrogen functional groups attached to an aromatic ring is 1. The number of hydrogen-bond acceptors (Lipinski definition) is 6. The zero-order chi connectivity index (χ0) is 13.8. The van der Waals surface area contributed by atoms with Gasteiger partial charge in [0.25, 0.3) is 0 Å². The largest absolute Gasteiger partial charge is 0.481 e. The average Bonchev–Trinajstić information content (AvgIpc) is 2.40. The predicted molar refractivity (Wildman–Crippen MR) is 76.5 cm³/mol. The summed E-state index contributed by atoms with van der Waals surface area (Å²) in [6.07, 6.45) is 2.47. The Labute approximate surface area is 114 Å². The Kier molecular flexibility index (Phi) is 4.42. The van der Waals surface area contributed by atoms with E-state index in [1.54, 1.807) is 7.11 Å². The molecule has 2 rings (SSSR count). The van der Waals surface area contributed by atoms with Crippen LogP contribution in [0.2, 0.25) is 0 Å². The first kappa shape index (κ1) is 13.9. The van der Waals surface area contributed by atoms with E-state index in [0.29, 0.717) is 11.8 Å². The van der Waals surface area contributed by atoms with Crippen LogP contribution in [0.4, 0.5) is 11.8 Å². The summed E-state index contributed by atoms with van der Waals surface area (Å²) in [6.45, 7) is 3.34. The van der Waals surface area contributed by atoms with Crippen LogP contribution < -0.4 is 15.4 Å². The van der Waals surface area contributed by atoms with Gasteiger partial charge in [-0.2, -0.15) is 9.97 Å². The van der Waals surface area contributed by atoms with E-state index in [-0.39, 0.29) is 5.95 Å². The monoisotopic (exact) mass is 265 g/mol. The highest BCUT2D eigenvalue weighted by atomic mass is 16.5. The molecule has 106 valence electrons. The van der Waals surface area contributed by atoms with E-state index in [2.05, 4.69) is 26.8 Å². The number of aromatic nitrogens is 2. The van der Waals surface area contributed by atoms with E-state index >= 15 is 0 Å². The highest BCUT2D eigenvalue weighted by Gasteiger charge is 2.19. The fourth-order valence-electron chi connectivity index (χ4n) is 2.46. The van der Waals surface area contributed by atoms with Gasteiger partial charge in [0.2, 0.25) is 11.8 Å². The second-order valence-corrected chi connectivity index (χ2v) is 5.25. The Morgan fingerprint density at radius 2 is 2.11 bits per heavy atom. The minimum atomic E-state index is 0.254. The molecule has 0 spiro atoms. The van der Waals surface area contributed by atoms with Crippen molar-refractivity contribution in [1.29, 1.82) is 0 Å². The van der Waals surface area contributed by atoms with Crippen LogP contribution in [0.3, 0.4) is 0 Å². The van der Waals surface area contributed by atoms with Gasteiger partial charge in [-0.15, -0.1) is 0 Å².